The number of esters is 1. The summed E-state index contributed by atoms with van der Waals surface area (Å²) < 4.78 is 4.20. The number of hydrogen-bond acceptors (Lipinski definition) is 3. The van der Waals surface area contributed by atoms with E-state index in [0.717, 1.165) is 0 Å². The highest BCUT2D eigenvalue weighted by Gasteiger charge is 1.99. The van der Waals surface area contributed by atoms with Crippen LogP contribution in [-0.2, 0) is 9.53 Å². The van der Waals surface area contributed by atoms with Gasteiger partial charge in [0.2, 0.25) is 0 Å². The van der Waals surface area contributed by atoms with E-state index >= 15 is 0 Å². The summed E-state index contributed by atoms with van der Waals surface area (Å²) >= 11 is 0. The Morgan fingerprint density at radius 2 is 2.38 bits per heavy atom. The van der Waals surface area contributed by atoms with Crippen molar-refractivity contribution < 1.29 is 14.6 Å². The molecule has 0 bridgehead atoms. The van der Waals surface area contributed by atoms with Crippen molar-refractivity contribution in [1.29, 1.82) is 0 Å². The van der Waals surface area contributed by atoms with Crippen molar-refractivity contribution in [3.63, 3.8) is 0 Å². The summed E-state index contributed by atoms with van der Waals surface area (Å²) in [5.41, 5.74) is 0. The van der Waals surface area contributed by atoms with Crippen LogP contribution >= 0.6 is 0 Å². The molecule has 0 spiro atoms. The van der Waals surface area contributed by atoms with Gasteiger partial charge in [-0.25, -0.2) is 0 Å². The zero-order valence-corrected chi connectivity index (χ0v) is 4.68. The average Bonchev–Trinajstić information content (AvgIpc) is 1.65. The summed E-state index contributed by atoms with van der Waals surface area (Å²) in [4.78, 5) is 10.2. The SMILES string of the molecule is C=C(O)CC(=O)OC. The van der Waals surface area contributed by atoms with E-state index in [0.29, 0.717) is 0 Å². The molecule has 46 valence electrons. The Kier molecular flexibility index (Phi) is 2.69. The van der Waals surface area contributed by atoms with Crippen LogP contribution in [0.4, 0.5) is 0 Å². The summed E-state index contributed by atoms with van der Waals surface area (Å²) in [7, 11) is 1.26. The van der Waals surface area contributed by atoms with Gasteiger partial charge in [-0.05, 0) is 0 Å². The molecule has 0 aliphatic carbocycles. The van der Waals surface area contributed by atoms with Crippen molar-refractivity contribution in [2.24, 2.45) is 0 Å². The van der Waals surface area contributed by atoms with E-state index < -0.39 is 5.97 Å². The van der Waals surface area contributed by atoms with Gasteiger partial charge in [0, 0.05) is 0 Å². The third kappa shape index (κ3) is 3.21. The predicted molar refractivity (Wildman–Crippen MR) is 28.4 cm³/mol. The molecule has 8 heavy (non-hydrogen) atoms. The molecule has 1 N–H and O–H groups in total. The van der Waals surface area contributed by atoms with Crippen LogP contribution in [0.25, 0.3) is 0 Å². The van der Waals surface area contributed by atoms with Gasteiger partial charge in [0.25, 0.3) is 0 Å². The molecule has 0 fully saturated rings. The zero-order chi connectivity index (χ0) is 6.57. The fourth-order valence-electron chi connectivity index (χ4n) is 0.239. The highest BCUT2D eigenvalue weighted by atomic mass is 16.5. The van der Waals surface area contributed by atoms with E-state index in [4.69, 9.17) is 5.11 Å². The van der Waals surface area contributed by atoms with E-state index in [1.165, 1.54) is 7.11 Å². The Bertz CT molecular complexity index is 106. The van der Waals surface area contributed by atoms with Crippen molar-refractivity contribution in [3.05, 3.63) is 12.3 Å². The zero-order valence-electron chi connectivity index (χ0n) is 4.68. The van der Waals surface area contributed by atoms with Gasteiger partial charge in [-0.3, -0.25) is 4.79 Å². The first-order valence-corrected chi connectivity index (χ1v) is 2.10. The third-order valence-electron chi connectivity index (χ3n) is 0.576. The molecule has 0 aromatic heterocycles. The van der Waals surface area contributed by atoms with Crippen LogP contribution in [-0.4, -0.2) is 18.2 Å². The lowest BCUT2D eigenvalue weighted by Crippen LogP contribution is -2.00. The van der Waals surface area contributed by atoms with Crippen LogP contribution in [0.3, 0.4) is 0 Å². The lowest BCUT2D eigenvalue weighted by molar-refractivity contribution is -0.140. The van der Waals surface area contributed by atoms with Gasteiger partial charge >= 0.3 is 5.97 Å². The molecule has 0 rings (SSSR count). The molecule has 3 heteroatoms. The van der Waals surface area contributed by atoms with Crippen LogP contribution in [0.15, 0.2) is 12.3 Å². The number of aliphatic hydroxyl groups is 1. The molecule has 0 aromatic carbocycles. The number of hydrogen-bond donors (Lipinski definition) is 1. The molecule has 0 atom stereocenters. The number of aliphatic hydroxyl groups excluding tert-OH is 1. The van der Waals surface area contributed by atoms with Gasteiger partial charge in [-0.2, -0.15) is 0 Å². The maximum absolute atomic E-state index is 10.2. The van der Waals surface area contributed by atoms with E-state index in [1.807, 2.05) is 0 Å². The molecule has 0 saturated heterocycles. The van der Waals surface area contributed by atoms with Gasteiger partial charge in [-0.15, -0.1) is 0 Å². The number of ether oxygens (including phenoxy) is 1. The van der Waals surface area contributed by atoms with Crippen molar-refractivity contribution in [2.75, 3.05) is 7.11 Å². The molecule has 0 amide bonds. The van der Waals surface area contributed by atoms with Crippen LogP contribution in [0, 0.1) is 0 Å². The molecule has 0 unspecified atom stereocenters. The molecule has 0 radical (unpaired) electrons. The lowest BCUT2D eigenvalue weighted by Gasteiger charge is -1.93. The van der Waals surface area contributed by atoms with Crippen LogP contribution < -0.4 is 0 Å². The quantitative estimate of drug-likeness (QED) is 0.425. The fourth-order valence-corrected chi connectivity index (χ4v) is 0.239. The highest BCUT2D eigenvalue weighted by Crippen LogP contribution is 1.91. The summed E-state index contributed by atoms with van der Waals surface area (Å²) in [5.74, 6) is -0.644. The van der Waals surface area contributed by atoms with Gasteiger partial charge < -0.3 is 9.84 Å². The van der Waals surface area contributed by atoms with Gasteiger partial charge in [0.15, 0.2) is 0 Å². The van der Waals surface area contributed by atoms with E-state index in [9.17, 15) is 4.79 Å². The maximum atomic E-state index is 10.2. The second kappa shape index (κ2) is 3.07. The lowest BCUT2D eigenvalue weighted by atomic mass is 10.4. The second-order valence-corrected chi connectivity index (χ2v) is 1.32. The van der Waals surface area contributed by atoms with Gasteiger partial charge in [0.1, 0.15) is 6.42 Å². The number of carbonyl (C=O) groups is 1. The molecule has 0 saturated carbocycles. The summed E-state index contributed by atoms with van der Waals surface area (Å²) in [5, 5.41) is 8.36. The Labute approximate surface area is 47.6 Å². The van der Waals surface area contributed by atoms with Gasteiger partial charge in [-0.1, -0.05) is 6.58 Å². The first-order valence-electron chi connectivity index (χ1n) is 2.10. The summed E-state index contributed by atoms with van der Waals surface area (Å²) in [6.45, 7) is 3.10. The molecule has 0 aliphatic rings. The minimum Gasteiger partial charge on any atom is -0.512 e. The van der Waals surface area contributed by atoms with Crippen molar-refractivity contribution in [1.82, 2.24) is 0 Å². The minimum atomic E-state index is -0.475. The van der Waals surface area contributed by atoms with Crippen LogP contribution in [0.2, 0.25) is 0 Å². The standard InChI is InChI=1S/C5H8O3/c1-4(6)3-5(7)8-2/h6H,1,3H2,2H3. The molecular formula is C5H8O3. The molecular weight excluding hydrogens is 108 g/mol. The Morgan fingerprint density at radius 1 is 1.88 bits per heavy atom. The monoisotopic (exact) mass is 116 g/mol. The third-order valence-corrected chi connectivity index (χ3v) is 0.576. The predicted octanol–water partition coefficient (Wildman–Crippen LogP) is 0.621. The minimum absolute atomic E-state index is 0.115. The average molecular weight is 116 g/mol. The fraction of sp³-hybridized carbons (Fsp3) is 0.400. The second-order valence-electron chi connectivity index (χ2n) is 1.32. The topological polar surface area (TPSA) is 46.5 Å². The van der Waals surface area contributed by atoms with E-state index in [2.05, 4.69) is 11.3 Å². The van der Waals surface area contributed by atoms with Crippen molar-refractivity contribution in [2.45, 2.75) is 6.42 Å². The van der Waals surface area contributed by atoms with Crippen molar-refractivity contribution >= 4 is 5.97 Å². The molecule has 3 nitrogen and oxygen atoms in total. The van der Waals surface area contributed by atoms with Crippen LogP contribution in [0.5, 0.6) is 0 Å². The van der Waals surface area contributed by atoms with E-state index in [1.54, 1.807) is 0 Å². The summed E-state index contributed by atoms with van der Waals surface area (Å²) in [6, 6.07) is 0. The summed E-state index contributed by atoms with van der Waals surface area (Å²) in [6.07, 6.45) is -0.115. The Hall–Kier alpha value is -0.990. The maximum Gasteiger partial charge on any atom is 0.313 e. The highest BCUT2D eigenvalue weighted by molar-refractivity contribution is 5.71. The molecule has 0 aromatic rings. The van der Waals surface area contributed by atoms with Crippen molar-refractivity contribution in [3.8, 4) is 0 Å². The normalized spacial score (nSPS) is 8.12. The number of carbonyl (C=O) groups excluding carboxylic acids is 1. The first kappa shape index (κ1) is 7.01. The Morgan fingerprint density at radius 3 is 2.50 bits per heavy atom. The smallest absolute Gasteiger partial charge is 0.313 e. The van der Waals surface area contributed by atoms with Crippen LogP contribution in [0.1, 0.15) is 6.42 Å². The number of methoxy groups -OCH3 is 1. The largest absolute Gasteiger partial charge is 0.512 e. The van der Waals surface area contributed by atoms with Gasteiger partial charge in [0.05, 0.1) is 12.9 Å². The first-order chi connectivity index (χ1) is 3.66. The van der Waals surface area contributed by atoms with E-state index in [-0.39, 0.29) is 12.2 Å². The Balaban J connectivity index is 3.40. The molecule has 0 aliphatic heterocycles. The molecule has 0 heterocycles. The number of rotatable bonds is 2.